The fraction of sp³-hybridized carbons (Fsp3) is 0. The van der Waals surface area contributed by atoms with Crippen molar-refractivity contribution in [3.05, 3.63) is 48.5 Å². The van der Waals surface area contributed by atoms with Crippen LogP contribution in [0, 0.1) is 0 Å². The van der Waals surface area contributed by atoms with Gasteiger partial charge in [0.2, 0.25) is 0 Å². The second kappa shape index (κ2) is 5.09. The van der Waals surface area contributed by atoms with Gasteiger partial charge in [-0.15, -0.1) is 0 Å². The summed E-state index contributed by atoms with van der Waals surface area (Å²) in [6.45, 7) is 0. The third-order valence-electron chi connectivity index (χ3n) is 2.03. The standard InChI is InChI=1S/C12H11NO4/c14-9-5-1-3-7-11(9)16-13-17-12-8-4-2-6-10(12)15/h1-8,13-15H. The molecular weight excluding hydrogens is 222 g/mol. The summed E-state index contributed by atoms with van der Waals surface area (Å²) in [5, 5.41) is 18.8. The van der Waals surface area contributed by atoms with E-state index in [0.717, 1.165) is 0 Å². The number of phenolic OH excluding ortho intramolecular Hbond substituents is 2. The maximum atomic E-state index is 9.39. The van der Waals surface area contributed by atoms with Crippen LogP contribution in [0.2, 0.25) is 0 Å². The molecule has 0 unspecified atom stereocenters. The predicted octanol–water partition coefficient (Wildman–Crippen LogP) is 1.98. The van der Waals surface area contributed by atoms with E-state index >= 15 is 0 Å². The number of benzene rings is 2. The zero-order valence-corrected chi connectivity index (χ0v) is 8.83. The number of para-hydroxylation sites is 4. The first kappa shape index (κ1) is 11.1. The highest BCUT2D eigenvalue weighted by Gasteiger charge is 2.03. The van der Waals surface area contributed by atoms with Crippen LogP contribution in [0.15, 0.2) is 48.5 Å². The normalized spacial score (nSPS) is 9.88. The number of phenols is 2. The van der Waals surface area contributed by atoms with Crippen LogP contribution in [0.4, 0.5) is 0 Å². The Hall–Kier alpha value is -2.40. The molecule has 17 heavy (non-hydrogen) atoms. The highest BCUT2D eigenvalue weighted by molar-refractivity contribution is 5.38. The highest BCUT2D eigenvalue weighted by atomic mass is 16.9. The van der Waals surface area contributed by atoms with Crippen LogP contribution in [-0.2, 0) is 0 Å². The van der Waals surface area contributed by atoms with Crippen molar-refractivity contribution in [1.29, 1.82) is 0 Å². The molecule has 2 rings (SSSR count). The molecule has 0 aliphatic heterocycles. The number of nitrogens with one attached hydrogen (secondary N) is 1. The average molecular weight is 233 g/mol. The van der Waals surface area contributed by atoms with Crippen molar-refractivity contribution < 1.29 is 19.9 Å². The highest BCUT2D eigenvalue weighted by Crippen LogP contribution is 2.25. The van der Waals surface area contributed by atoms with E-state index in [2.05, 4.69) is 5.64 Å². The zero-order valence-electron chi connectivity index (χ0n) is 8.83. The summed E-state index contributed by atoms with van der Waals surface area (Å²) < 4.78 is 0. The molecule has 3 N–H and O–H groups in total. The Bertz CT molecular complexity index is 456. The molecule has 0 saturated heterocycles. The van der Waals surface area contributed by atoms with Crippen molar-refractivity contribution in [3.8, 4) is 23.0 Å². The lowest BCUT2D eigenvalue weighted by Crippen LogP contribution is -2.22. The van der Waals surface area contributed by atoms with Crippen molar-refractivity contribution in [3.63, 3.8) is 0 Å². The summed E-state index contributed by atoms with van der Waals surface area (Å²) in [5.41, 5.74) is 2.18. The van der Waals surface area contributed by atoms with Gasteiger partial charge in [-0.3, -0.25) is 0 Å². The molecular formula is C12H11NO4. The molecule has 5 nitrogen and oxygen atoms in total. The van der Waals surface area contributed by atoms with Gasteiger partial charge in [-0.1, -0.05) is 24.3 Å². The van der Waals surface area contributed by atoms with Gasteiger partial charge in [0.05, 0.1) is 0 Å². The lowest BCUT2D eigenvalue weighted by molar-refractivity contribution is -0.0225. The summed E-state index contributed by atoms with van der Waals surface area (Å²) in [4.78, 5) is 9.92. The van der Waals surface area contributed by atoms with Crippen LogP contribution in [0.5, 0.6) is 23.0 Å². The van der Waals surface area contributed by atoms with Gasteiger partial charge in [0.15, 0.2) is 23.0 Å². The Balaban J connectivity index is 1.93. The summed E-state index contributed by atoms with van der Waals surface area (Å²) in [6, 6.07) is 12.9. The molecule has 0 saturated carbocycles. The minimum Gasteiger partial charge on any atom is -0.504 e. The van der Waals surface area contributed by atoms with E-state index < -0.39 is 0 Å². The molecule has 0 atom stereocenters. The van der Waals surface area contributed by atoms with Gasteiger partial charge < -0.3 is 19.9 Å². The molecule has 0 fully saturated rings. The Kier molecular flexibility index (Phi) is 3.32. The minimum absolute atomic E-state index is 0.0131. The topological polar surface area (TPSA) is 71.0 Å². The third kappa shape index (κ3) is 2.79. The number of aromatic hydroxyl groups is 2. The van der Waals surface area contributed by atoms with Crippen LogP contribution in [0.25, 0.3) is 0 Å². The molecule has 0 aliphatic carbocycles. The molecule has 0 aliphatic rings. The minimum atomic E-state index is -0.0131. The van der Waals surface area contributed by atoms with Crippen molar-refractivity contribution in [1.82, 2.24) is 5.64 Å². The Labute approximate surface area is 97.8 Å². The van der Waals surface area contributed by atoms with Gasteiger partial charge >= 0.3 is 0 Å². The molecule has 0 bridgehead atoms. The molecule has 0 aromatic heterocycles. The van der Waals surface area contributed by atoms with Gasteiger partial charge in [-0.2, -0.15) is 0 Å². The van der Waals surface area contributed by atoms with E-state index in [1.165, 1.54) is 12.1 Å². The Morgan fingerprint density at radius 1 is 0.706 bits per heavy atom. The van der Waals surface area contributed by atoms with Crippen molar-refractivity contribution in [2.24, 2.45) is 0 Å². The van der Waals surface area contributed by atoms with E-state index in [0.29, 0.717) is 0 Å². The molecule has 0 spiro atoms. The lowest BCUT2D eigenvalue weighted by Gasteiger charge is -2.09. The first-order valence-electron chi connectivity index (χ1n) is 4.92. The predicted molar refractivity (Wildman–Crippen MR) is 60.6 cm³/mol. The molecule has 5 heteroatoms. The van der Waals surface area contributed by atoms with Crippen molar-refractivity contribution in [2.45, 2.75) is 0 Å². The number of rotatable bonds is 4. The van der Waals surface area contributed by atoms with Gasteiger partial charge in [0, 0.05) is 5.64 Å². The average Bonchev–Trinajstić information content (AvgIpc) is 2.34. The largest absolute Gasteiger partial charge is 0.504 e. The maximum Gasteiger partial charge on any atom is 0.192 e. The van der Waals surface area contributed by atoms with Crippen LogP contribution >= 0.6 is 0 Å². The summed E-state index contributed by atoms with van der Waals surface area (Å²) in [5.74, 6) is 0.424. The van der Waals surface area contributed by atoms with E-state index in [4.69, 9.17) is 9.68 Å². The van der Waals surface area contributed by atoms with E-state index in [9.17, 15) is 10.2 Å². The second-order valence-corrected chi connectivity index (χ2v) is 3.22. The van der Waals surface area contributed by atoms with Gasteiger partial charge in [0.25, 0.3) is 0 Å². The van der Waals surface area contributed by atoms with Crippen molar-refractivity contribution in [2.75, 3.05) is 0 Å². The maximum absolute atomic E-state index is 9.39. The van der Waals surface area contributed by atoms with Crippen molar-refractivity contribution >= 4 is 0 Å². The van der Waals surface area contributed by atoms with Gasteiger partial charge in [-0.05, 0) is 24.3 Å². The van der Waals surface area contributed by atoms with Crippen LogP contribution in [-0.4, -0.2) is 10.2 Å². The van der Waals surface area contributed by atoms with Gasteiger partial charge in [0.1, 0.15) is 0 Å². The monoisotopic (exact) mass is 233 g/mol. The molecule has 2 aromatic rings. The smallest absolute Gasteiger partial charge is 0.192 e. The summed E-state index contributed by atoms with van der Waals surface area (Å²) in [6.07, 6.45) is 0. The fourth-order valence-electron chi connectivity index (χ4n) is 1.20. The quantitative estimate of drug-likeness (QED) is 0.704. The molecule has 2 aromatic carbocycles. The SMILES string of the molecule is Oc1ccccc1ONOc1ccccc1O. The summed E-state index contributed by atoms with van der Waals surface area (Å²) in [7, 11) is 0. The first-order chi connectivity index (χ1) is 8.27. The molecule has 0 heterocycles. The van der Waals surface area contributed by atoms with E-state index in [-0.39, 0.29) is 23.0 Å². The van der Waals surface area contributed by atoms with Crippen LogP contribution in [0.1, 0.15) is 0 Å². The summed E-state index contributed by atoms with van der Waals surface area (Å²) >= 11 is 0. The van der Waals surface area contributed by atoms with E-state index in [1.54, 1.807) is 36.4 Å². The Morgan fingerprint density at radius 3 is 1.53 bits per heavy atom. The zero-order chi connectivity index (χ0) is 12.1. The first-order valence-corrected chi connectivity index (χ1v) is 4.92. The molecule has 88 valence electrons. The number of hydrogen-bond donors (Lipinski definition) is 3. The van der Waals surface area contributed by atoms with E-state index in [1.807, 2.05) is 0 Å². The van der Waals surface area contributed by atoms with Crippen LogP contribution < -0.4 is 15.3 Å². The second-order valence-electron chi connectivity index (χ2n) is 3.22. The fourth-order valence-corrected chi connectivity index (χ4v) is 1.20. The van der Waals surface area contributed by atoms with Gasteiger partial charge in [-0.25, -0.2) is 0 Å². The van der Waals surface area contributed by atoms with Crippen LogP contribution in [0.3, 0.4) is 0 Å². The molecule has 0 radical (unpaired) electrons. The lowest BCUT2D eigenvalue weighted by atomic mass is 10.3. The number of hydrogen-bond acceptors (Lipinski definition) is 5. The Morgan fingerprint density at radius 2 is 1.12 bits per heavy atom. The molecule has 0 amide bonds. The third-order valence-corrected chi connectivity index (χ3v) is 2.03.